The molecule has 0 aliphatic heterocycles. The molecule has 0 saturated heterocycles. The van der Waals surface area contributed by atoms with Crippen LogP contribution in [0.1, 0.15) is 11.1 Å². The summed E-state index contributed by atoms with van der Waals surface area (Å²) in [5.74, 6) is 0.231. The zero-order chi connectivity index (χ0) is 13.7. The van der Waals surface area contributed by atoms with Gasteiger partial charge in [-0.2, -0.15) is 0 Å². The molecule has 19 heavy (non-hydrogen) atoms. The van der Waals surface area contributed by atoms with Crippen LogP contribution in [0.3, 0.4) is 0 Å². The van der Waals surface area contributed by atoms with Crippen molar-refractivity contribution in [2.45, 2.75) is 12.8 Å². The van der Waals surface area contributed by atoms with Crippen molar-refractivity contribution in [3.05, 3.63) is 70.5 Å². The summed E-state index contributed by atoms with van der Waals surface area (Å²) in [7, 11) is 0. The van der Waals surface area contributed by atoms with Gasteiger partial charge >= 0.3 is 0 Å². The highest BCUT2D eigenvalue weighted by Crippen LogP contribution is 2.20. The van der Waals surface area contributed by atoms with E-state index >= 15 is 0 Å². The third-order valence-electron chi connectivity index (χ3n) is 3.10. The molecule has 0 fully saturated rings. The van der Waals surface area contributed by atoms with Gasteiger partial charge in [-0.1, -0.05) is 57.9 Å². The molecule has 0 amide bonds. The third kappa shape index (κ3) is 4.32. The number of alkyl halides is 1. The summed E-state index contributed by atoms with van der Waals surface area (Å²) < 4.78 is 13.7. The quantitative estimate of drug-likeness (QED) is 0.649. The normalized spacial score (nSPS) is 12.4. The molecule has 2 aromatic rings. The molecule has 0 N–H and O–H groups in total. The van der Waals surface area contributed by atoms with Crippen molar-refractivity contribution in [1.82, 2.24) is 0 Å². The summed E-state index contributed by atoms with van der Waals surface area (Å²) in [6, 6.07) is 14.8. The highest BCUT2D eigenvalue weighted by Gasteiger charge is 2.12. The van der Waals surface area contributed by atoms with Crippen LogP contribution < -0.4 is 0 Å². The van der Waals surface area contributed by atoms with Gasteiger partial charge < -0.3 is 0 Å². The van der Waals surface area contributed by atoms with Gasteiger partial charge in [-0.05, 0) is 48.1 Å². The van der Waals surface area contributed by atoms with Crippen LogP contribution in [-0.2, 0) is 12.8 Å². The lowest BCUT2D eigenvalue weighted by Crippen LogP contribution is -2.11. The Balaban J connectivity index is 2.07. The fourth-order valence-electron chi connectivity index (χ4n) is 2.15. The first-order valence-electron chi connectivity index (χ1n) is 6.23. The molecule has 0 radical (unpaired) electrons. The number of hydrogen-bond donors (Lipinski definition) is 0. The van der Waals surface area contributed by atoms with Gasteiger partial charge in [0.25, 0.3) is 0 Å². The Bertz CT molecular complexity index is 542. The van der Waals surface area contributed by atoms with Crippen LogP contribution >= 0.6 is 27.5 Å². The van der Waals surface area contributed by atoms with E-state index in [2.05, 4.69) is 22.0 Å². The van der Waals surface area contributed by atoms with Gasteiger partial charge in [0.05, 0.1) is 0 Å². The maximum absolute atomic E-state index is 13.7. The Labute approximate surface area is 126 Å². The van der Waals surface area contributed by atoms with E-state index in [1.54, 1.807) is 6.07 Å². The number of benzene rings is 2. The fraction of sp³-hybridized carbons (Fsp3) is 0.250. The first-order chi connectivity index (χ1) is 9.19. The van der Waals surface area contributed by atoms with Crippen LogP contribution in [0.25, 0.3) is 0 Å². The maximum Gasteiger partial charge on any atom is 0.126 e. The van der Waals surface area contributed by atoms with E-state index in [0.717, 1.165) is 28.8 Å². The van der Waals surface area contributed by atoms with Crippen LogP contribution in [0.2, 0.25) is 5.02 Å². The molecular formula is C16H15BrClF. The molecular weight excluding hydrogens is 327 g/mol. The first kappa shape index (κ1) is 14.5. The van der Waals surface area contributed by atoms with Crippen molar-refractivity contribution < 1.29 is 4.39 Å². The van der Waals surface area contributed by atoms with Crippen LogP contribution in [0, 0.1) is 11.7 Å². The van der Waals surface area contributed by atoms with Crippen LogP contribution in [0.4, 0.5) is 4.39 Å². The summed E-state index contributed by atoms with van der Waals surface area (Å²) >= 11 is 9.50. The van der Waals surface area contributed by atoms with Crippen molar-refractivity contribution in [3.8, 4) is 0 Å². The third-order valence-corrected chi connectivity index (χ3v) is 4.25. The highest BCUT2D eigenvalue weighted by molar-refractivity contribution is 9.09. The van der Waals surface area contributed by atoms with Crippen molar-refractivity contribution in [3.63, 3.8) is 0 Å². The van der Waals surface area contributed by atoms with E-state index in [1.807, 2.05) is 30.3 Å². The minimum atomic E-state index is -0.125. The molecule has 0 heterocycles. The second kappa shape index (κ2) is 7.06. The monoisotopic (exact) mass is 340 g/mol. The second-order valence-corrected chi connectivity index (χ2v) is 5.73. The molecule has 0 bridgehead atoms. The van der Waals surface area contributed by atoms with Gasteiger partial charge in [0.2, 0.25) is 0 Å². The lowest BCUT2D eigenvalue weighted by atomic mass is 9.94. The highest BCUT2D eigenvalue weighted by atomic mass is 79.9. The molecule has 0 aliphatic rings. The van der Waals surface area contributed by atoms with E-state index in [1.165, 1.54) is 11.6 Å². The fourth-order valence-corrected chi connectivity index (χ4v) is 2.82. The lowest BCUT2D eigenvalue weighted by molar-refractivity contribution is 0.550. The Morgan fingerprint density at radius 1 is 1.05 bits per heavy atom. The predicted octanol–water partition coefficient (Wildman–Crippen LogP) is 5.28. The van der Waals surface area contributed by atoms with Crippen molar-refractivity contribution in [2.24, 2.45) is 5.92 Å². The van der Waals surface area contributed by atoms with Crippen molar-refractivity contribution in [2.75, 3.05) is 5.33 Å². The second-order valence-electron chi connectivity index (χ2n) is 4.65. The zero-order valence-electron chi connectivity index (χ0n) is 10.5. The van der Waals surface area contributed by atoms with Gasteiger partial charge in [-0.15, -0.1) is 0 Å². The standard InChI is InChI=1S/C16H15BrClF/c17-11-13(8-12-4-3-6-15(18)10-12)9-14-5-1-2-7-16(14)19/h1-7,10,13H,8-9,11H2. The molecule has 1 unspecified atom stereocenters. The molecule has 100 valence electrons. The van der Waals surface area contributed by atoms with E-state index in [9.17, 15) is 4.39 Å². The topological polar surface area (TPSA) is 0 Å². The summed E-state index contributed by atoms with van der Waals surface area (Å²) in [4.78, 5) is 0. The SMILES string of the molecule is Fc1ccccc1CC(CBr)Cc1cccc(Cl)c1. The Morgan fingerprint density at radius 3 is 2.53 bits per heavy atom. The minimum Gasteiger partial charge on any atom is -0.207 e. The first-order valence-corrected chi connectivity index (χ1v) is 7.73. The Kier molecular flexibility index (Phi) is 5.41. The van der Waals surface area contributed by atoms with Crippen LogP contribution in [0.15, 0.2) is 48.5 Å². The van der Waals surface area contributed by atoms with Crippen LogP contribution in [0.5, 0.6) is 0 Å². The molecule has 0 spiro atoms. The number of rotatable bonds is 5. The Morgan fingerprint density at radius 2 is 1.84 bits per heavy atom. The average Bonchev–Trinajstić information content (AvgIpc) is 2.40. The molecule has 0 nitrogen and oxygen atoms in total. The van der Waals surface area contributed by atoms with E-state index in [-0.39, 0.29) is 5.82 Å². The number of halogens is 3. The molecule has 0 saturated carbocycles. The van der Waals surface area contributed by atoms with E-state index in [0.29, 0.717) is 5.92 Å². The largest absolute Gasteiger partial charge is 0.207 e. The van der Waals surface area contributed by atoms with Gasteiger partial charge in [-0.3, -0.25) is 0 Å². The molecule has 3 heteroatoms. The lowest BCUT2D eigenvalue weighted by Gasteiger charge is -2.15. The van der Waals surface area contributed by atoms with Gasteiger partial charge in [0, 0.05) is 10.4 Å². The summed E-state index contributed by atoms with van der Waals surface area (Å²) in [5, 5.41) is 1.59. The maximum atomic E-state index is 13.7. The molecule has 0 aromatic heterocycles. The zero-order valence-corrected chi connectivity index (χ0v) is 12.8. The summed E-state index contributed by atoms with van der Waals surface area (Å²) in [5.41, 5.74) is 1.96. The predicted molar refractivity (Wildman–Crippen MR) is 82.5 cm³/mol. The van der Waals surface area contributed by atoms with Crippen molar-refractivity contribution in [1.29, 1.82) is 0 Å². The molecule has 2 aromatic carbocycles. The van der Waals surface area contributed by atoms with E-state index < -0.39 is 0 Å². The summed E-state index contributed by atoms with van der Waals surface area (Å²) in [6.45, 7) is 0. The molecule has 0 aliphatic carbocycles. The molecule has 1 atom stereocenters. The smallest absolute Gasteiger partial charge is 0.126 e. The average molecular weight is 342 g/mol. The molecule has 2 rings (SSSR count). The van der Waals surface area contributed by atoms with Gasteiger partial charge in [0.15, 0.2) is 0 Å². The van der Waals surface area contributed by atoms with Crippen LogP contribution in [-0.4, -0.2) is 5.33 Å². The van der Waals surface area contributed by atoms with E-state index in [4.69, 9.17) is 11.6 Å². The summed E-state index contributed by atoms with van der Waals surface area (Å²) in [6.07, 6.45) is 1.62. The van der Waals surface area contributed by atoms with Crippen molar-refractivity contribution >= 4 is 27.5 Å². The van der Waals surface area contributed by atoms with Gasteiger partial charge in [-0.25, -0.2) is 4.39 Å². The minimum absolute atomic E-state index is 0.125. The Hall–Kier alpha value is -0.860. The number of hydrogen-bond acceptors (Lipinski definition) is 0. The van der Waals surface area contributed by atoms with Gasteiger partial charge in [0.1, 0.15) is 5.82 Å².